The molecule has 5 nitrogen and oxygen atoms in total. The molecule has 0 saturated heterocycles. The van der Waals surface area contributed by atoms with Gasteiger partial charge in [-0.3, -0.25) is 4.18 Å². The quantitative estimate of drug-likeness (QED) is 0.585. The van der Waals surface area contributed by atoms with Gasteiger partial charge in [0.25, 0.3) is 10.1 Å². The van der Waals surface area contributed by atoms with Crippen LogP contribution in [0.4, 0.5) is 15.8 Å². The first-order chi connectivity index (χ1) is 6.79. The van der Waals surface area contributed by atoms with Gasteiger partial charge in [-0.1, -0.05) is 0 Å². The van der Waals surface area contributed by atoms with Gasteiger partial charge in [0.05, 0.1) is 18.6 Å². The summed E-state index contributed by atoms with van der Waals surface area (Å²) in [7, 11) is -3.55. The molecule has 0 spiro atoms. The molecule has 0 amide bonds. The molecule has 7 heteroatoms. The second kappa shape index (κ2) is 4.03. The third kappa shape index (κ3) is 3.37. The fourth-order valence-corrected chi connectivity index (χ4v) is 1.29. The minimum atomic E-state index is -3.55. The maximum absolute atomic E-state index is 12.9. The number of nitrogens with two attached hydrogens (primary N) is 2. The topological polar surface area (TPSA) is 95.4 Å². The molecule has 0 aromatic heterocycles. The Labute approximate surface area is 87.0 Å². The minimum Gasteiger partial charge on any atom is -0.398 e. The van der Waals surface area contributed by atoms with Crippen LogP contribution in [0, 0.1) is 5.82 Å². The predicted octanol–water partition coefficient (Wildman–Crippen LogP) is 0.466. The number of anilines is 2. The Morgan fingerprint density at radius 3 is 2.47 bits per heavy atom. The van der Waals surface area contributed by atoms with Gasteiger partial charge >= 0.3 is 0 Å². The van der Waals surface area contributed by atoms with Gasteiger partial charge < -0.3 is 11.5 Å². The van der Waals surface area contributed by atoms with Gasteiger partial charge in [-0.2, -0.15) is 8.42 Å². The van der Waals surface area contributed by atoms with Gasteiger partial charge in [-0.05, 0) is 12.1 Å². The lowest BCUT2D eigenvalue weighted by Gasteiger charge is -2.07. The zero-order chi connectivity index (χ0) is 11.6. The summed E-state index contributed by atoms with van der Waals surface area (Å²) >= 11 is 0. The standard InChI is InChI=1S/C8H11FN2O3S/c1-15(12,13)14-4-5-2-8(11)6(9)3-7(5)10/h2-3H,4,10-11H2,1H3. The van der Waals surface area contributed by atoms with E-state index in [1.807, 2.05) is 0 Å². The van der Waals surface area contributed by atoms with Crippen molar-refractivity contribution in [1.29, 1.82) is 0 Å². The third-order valence-corrected chi connectivity index (χ3v) is 2.23. The summed E-state index contributed by atoms with van der Waals surface area (Å²) < 4.78 is 38.8. The number of rotatable bonds is 3. The van der Waals surface area contributed by atoms with Gasteiger partial charge in [0.15, 0.2) is 0 Å². The number of benzene rings is 1. The maximum Gasteiger partial charge on any atom is 0.264 e. The third-order valence-electron chi connectivity index (χ3n) is 1.69. The lowest BCUT2D eigenvalue weighted by molar-refractivity contribution is 0.312. The van der Waals surface area contributed by atoms with Crippen LogP contribution in [-0.2, 0) is 20.9 Å². The maximum atomic E-state index is 12.9. The first kappa shape index (κ1) is 11.7. The van der Waals surface area contributed by atoms with Crippen molar-refractivity contribution in [3.05, 3.63) is 23.5 Å². The molecule has 0 fully saturated rings. The molecule has 0 unspecified atom stereocenters. The van der Waals surface area contributed by atoms with Gasteiger partial charge in [0, 0.05) is 11.3 Å². The highest BCUT2D eigenvalue weighted by Crippen LogP contribution is 2.20. The Morgan fingerprint density at radius 2 is 1.93 bits per heavy atom. The van der Waals surface area contributed by atoms with Crippen molar-refractivity contribution < 1.29 is 17.0 Å². The molecule has 0 heterocycles. The van der Waals surface area contributed by atoms with E-state index in [1.54, 1.807) is 0 Å². The molecule has 1 aromatic rings. The van der Waals surface area contributed by atoms with Crippen LogP contribution in [0.3, 0.4) is 0 Å². The molecular weight excluding hydrogens is 223 g/mol. The molecule has 1 aromatic carbocycles. The van der Waals surface area contributed by atoms with Crippen molar-refractivity contribution in [2.45, 2.75) is 6.61 Å². The van der Waals surface area contributed by atoms with E-state index in [9.17, 15) is 12.8 Å². The Bertz CT molecular complexity index is 473. The SMILES string of the molecule is CS(=O)(=O)OCc1cc(N)c(F)cc1N. The number of hydrogen-bond acceptors (Lipinski definition) is 5. The van der Waals surface area contributed by atoms with E-state index >= 15 is 0 Å². The van der Waals surface area contributed by atoms with E-state index in [0.29, 0.717) is 5.56 Å². The molecule has 0 atom stereocenters. The molecule has 0 bridgehead atoms. The van der Waals surface area contributed by atoms with Crippen molar-refractivity contribution in [2.75, 3.05) is 17.7 Å². The lowest BCUT2D eigenvalue weighted by Crippen LogP contribution is -2.06. The van der Waals surface area contributed by atoms with Crippen LogP contribution in [0.25, 0.3) is 0 Å². The van der Waals surface area contributed by atoms with E-state index in [4.69, 9.17) is 11.5 Å². The molecule has 84 valence electrons. The Morgan fingerprint density at radius 1 is 1.33 bits per heavy atom. The minimum absolute atomic E-state index is 0.101. The molecule has 0 aliphatic carbocycles. The summed E-state index contributed by atoms with van der Waals surface area (Å²) in [5.74, 6) is -0.643. The Hall–Kier alpha value is -1.34. The largest absolute Gasteiger partial charge is 0.398 e. The van der Waals surface area contributed by atoms with E-state index < -0.39 is 15.9 Å². The Balaban J connectivity index is 2.91. The zero-order valence-corrected chi connectivity index (χ0v) is 8.84. The molecule has 0 aliphatic heterocycles. The molecule has 4 N–H and O–H groups in total. The summed E-state index contributed by atoms with van der Waals surface area (Å²) in [4.78, 5) is 0. The van der Waals surface area contributed by atoms with E-state index in [1.165, 1.54) is 6.07 Å². The summed E-state index contributed by atoms with van der Waals surface area (Å²) in [6, 6.07) is 2.27. The fourth-order valence-electron chi connectivity index (χ4n) is 0.948. The van der Waals surface area contributed by atoms with E-state index in [-0.39, 0.29) is 18.0 Å². The average Bonchev–Trinajstić information content (AvgIpc) is 2.07. The highest BCUT2D eigenvalue weighted by Gasteiger charge is 2.08. The fraction of sp³-hybridized carbons (Fsp3) is 0.250. The van der Waals surface area contributed by atoms with Crippen molar-refractivity contribution in [2.24, 2.45) is 0 Å². The van der Waals surface area contributed by atoms with Crippen LogP contribution in [0.1, 0.15) is 5.56 Å². The van der Waals surface area contributed by atoms with Crippen molar-refractivity contribution in [1.82, 2.24) is 0 Å². The molecular formula is C8H11FN2O3S. The van der Waals surface area contributed by atoms with Gasteiger partial charge in [-0.15, -0.1) is 0 Å². The molecule has 0 radical (unpaired) electrons. The molecule has 15 heavy (non-hydrogen) atoms. The van der Waals surface area contributed by atoms with Crippen LogP contribution >= 0.6 is 0 Å². The zero-order valence-electron chi connectivity index (χ0n) is 8.03. The first-order valence-corrected chi connectivity index (χ1v) is 5.79. The summed E-state index contributed by atoms with van der Waals surface area (Å²) in [5.41, 5.74) is 11.1. The first-order valence-electron chi connectivity index (χ1n) is 3.97. The monoisotopic (exact) mass is 234 g/mol. The summed E-state index contributed by atoms with van der Waals surface area (Å²) in [6.07, 6.45) is 0.913. The Kier molecular flexibility index (Phi) is 3.15. The van der Waals surface area contributed by atoms with Gasteiger partial charge in [-0.25, -0.2) is 4.39 Å². The van der Waals surface area contributed by atoms with E-state index in [0.717, 1.165) is 12.3 Å². The smallest absolute Gasteiger partial charge is 0.264 e. The number of nitrogen functional groups attached to an aromatic ring is 2. The normalized spacial score (nSPS) is 11.6. The van der Waals surface area contributed by atoms with Crippen molar-refractivity contribution in [3.63, 3.8) is 0 Å². The number of halogens is 1. The second-order valence-electron chi connectivity index (χ2n) is 3.04. The van der Waals surface area contributed by atoms with Gasteiger partial charge in [0.1, 0.15) is 5.82 Å². The average molecular weight is 234 g/mol. The molecule has 1 rings (SSSR count). The van der Waals surface area contributed by atoms with E-state index in [2.05, 4.69) is 4.18 Å². The highest BCUT2D eigenvalue weighted by molar-refractivity contribution is 7.85. The molecule has 0 saturated carbocycles. The highest BCUT2D eigenvalue weighted by atomic mass is 32.2. The van der Waals surface area contributed by atoms with Crippen molar-refractivity contribution in [3.8, 4) is 0 Å². The predicted molar refractivity (Wildman–Crippen MR) is 54.9 cm³/mol. The van der Waals surface area contributed by atoms with Crippen LogP contribution in [0.5, 0.6) is 0 Å². The summed E-state index contributed by atoms with van der Waals surface area (Å²) in [5, 5.41) is 0. The van der Waals surface area contributed by atoms with Crippen LogP contribution in [-0.4, -0.2) is 14.7 Å². The van der Waals surface area contributed by atoms with Crippen molar-refractivity contribution >= 4 is 21.5 Å². The number of hydrogen-bond donors (Lipinski definition) is 2. The van der Waals surface area contributed by atoms with Crippen LogP contribution in [0.15, 0.2) is 12.1 Å². The summed E-state index contributed by atoms with van der Waals surface area (Å²) in [6.45, 7) is -0.255. The van der Waals surface area contributed by atoms with Gasteiger partial charge in [0.2, 0.25) is 0 Å². The lowest BCUT2D eigenvalue weighted by atomic mass is 10.1. The second-order valence-corrected chi connectivity index (χ2v) is 4.68. The van der Waals surface area contributed by atoms with Crippen LogP contribution in [0.2, 0.25) is 0 Å². The molecule has 0 aliphatic rings. The van der Waals surface area contributed by atoms with Crippen LogP contribution < -0.4 is 11.5 Å².